The van der Waals surface area contributed by atoms with Gasteiger partial charge in [0, 0.05) is 6.20 Å². The Labute approximate surface area is 93.0 Å². The summed E-state index contributed by atoms with van der Waals surface area (Å²) < 4.78 is 5.25. The van der Waals surface area contributed by atoms with Crippen LogP contribution in [0.25, 0.3) is 11.5 Å². The molecule has 3 N–H and O–H groups in total. The first-order chi connectivity index (χ1) is 7.68. The Morgan fingerprint density at radius 2 is 2.38 bits per heavy atom. The molecule has 5 heteroatoms. The van der Waals surface area contributed by atoms with E-state index in [1.807, 2.05) is 25.3 Å². The van der Waals surface area contributed by atoms with Crippen LogP contribution in [0.1, 0.15) is 25.7 Å². The van der Waals surface area contributed by atoms with Crippen LogP contribution in [0.2, 0.25) is 0 Å². The molecule has 0 spiro atoms. The molecular weight excluding hydrogens is 204 g/mol. The van der Waals surface area contributed by atoms with E-state index in [1.54, 1.807) is 0 Å². The molecule has 1 fully saturated rings. The van der Waals surface area contributed by atoms with E-state index in [0.29, 0.717) is 17.6 Å². The Morgan fingerprint density at radius 3 is 3.00 bits per heavy atom. The van der Waals surface area contributed by atoms with Gasteiger partial charge in [-0.2, -0.15) is 4.98 Å². The van der Waals surface area contributed by atoms with Crippen LogP contribution >= 0.6 is 0 Å². The van der Waals surface area contributed by atoms with Crippen LogP contribution in [-0.4, -0.2) is 15.1 Å². The summed E-state index contributed by atoms with van der Waals surface area (Å²) in [6, 6.07) is 3.80. The second kappa shape index (κ2) is 3.18. The number of hydrogen-bond donors (Lipinski definition) is 2. The molecule has 84 valence electrons. The summed E-state index contributed by atoms with van der Waals surface area (Å²) in [6.07, 6.45) is 4.12. The molecule has 0 aromatic carbocycles. The molecule has 1 atom stereocenters. The van der Waals surface area contributed by atoms with E-state index in [2.05, 4.69) is 15.1 Å². The molecule has 0 aliphatic heterocycles. The maximum atomic E-state index is 6.20. The highest BCUT2D eigenvalue weighted by atomic mass is 16.5. The predicted octanol–water partition coefficient (Wildman–Crippen LogP) is 1.65. The minimum absolute atomic E-state index is 0.476. The quantitative estimate of drug-likeness (QED) is 0.820. The Balaban J connectivity index is 1.93. The molecule has 2 aromatic heterocycles. The first kappa shape index (κ1) is 9.59. The van der Waals surface area contributed by atoms with Crippen molar-refractivity contribution in [3.63, 3.8) is 0 Å². The van der Waals surface area contributed by atoms with E-state index in [1.165, 1.54) is 0 Å². The van der Waals surface area contributed by atoms with Crippen LogP contribution in [0.3, 0.4) is 0 Å². The maximum absolute atomic E-state index is 6.20. The van der Waals surface area contributed by atoms with Crippen LogP contribution in [0.5, 0.6) is 0 Å². The molecule has 0 radical (unpaired) electrons. The molecule has 2 aromatic rings. The van der Waals surface area contributed by atoms with Crippen molar-refractivity contribution in [3.8, 4) is 11.5 Å². The van der Waals surface area contributed by atoms with Crippen molar-refractivity contribution in [2.45, 2.75) is 25.3 Å². The minimum Gasteiger partial charge on any atom is -0.359 e. The monoisotopic (exact) mass is 218 g/mol. The van der Waals surface area contributed by atoms with Gasteiger partial charge in [-0.3, -0.25) is 0 Å². The summed E-state index contributed by atoms with van der Waals surface area (Å²) in [7, 11) is 0. The van der Waals surface area contributed by atoms with Crippen molar-refractivity contribution in [1.82, 2.24) is 15.1 Å². The lowest BCUT2D eigenvalue weighted by molar-refractivity contribution is 0.273. The van der Waals surface area contributed by atoms with Crippen molar-refractivity contribution >= 4 is 0 Å². The molecule has 1 aliphatic rings. The minimum atomic E-state index is -0.488. The number of aromatic amines is 1. The second-order valence-electron chi connectivity index (χ2n) is 4.56. The fourth-order valence-corrected chi connectivity index (χ4v) is 1.88. The highest BCUT2D eigenvalue weighted by molar-refractivity contribution is 5.48. The molecule has 0 bridgehead atoms. The summed E-state index contributed by atoms with van der Waals surface area (Å²) in [6.45, 7) is 1.96. The third-order valence-electron chi connectivity index (χ3n) is 3.15. The van der Waals surface area contributed by atoms with Gasteiger partial charge in [-0.15, -0.1) is 0 Å². The van der Waals surface area contributed by atoms with E-state index >= 15 is 0 Å². The zero-order valence-electron chi connectivity index (χ0n) is 9.10. The van der Waals surface area contributed by atoms with Crippen LogP contribution in [0.4, 0.5) is 0 Å². The van der Waals surface area contributed by atoms with Gasteiger partial charge in [0.15, 0.2) is 0 Å². The molecule has 1 unspecified atom stereocenters. The average molecular weight is 218 g/mol. The van der Waals surface area contributed by atoms with Crippen molar-refractivity contribution in [1.29, 1.82) is 0 Å². The standard InChI is InChI=1S/C11H14N4O/c1-11(12,7-4-5-7)10-14-9(15-16-10)8-3-2-6-13-8/h2-3,6-7,13H,4-5,12H2,1H3. The zero-order valence-corrected chi connectivity index (χ0v) is 9.10. The van der Waals surface area contributed by atoms with Crippen LogP contribution < -0.4 is 5.73 Å². The molecular formula is C11H14N4O. The molecule has 1 saturated carbocycles. The van der Waals surface area contributed by atoms with Gasteiger partial charge in [0.1, 0.15) is 0 Å². The first-order valence-corrected chi connectivity index (χ1v) is 5.45. The molecule has 0 saturated heterocycles. The number of H-pyrrole nitrogens is 1. The van der Waals surface area contributed by atoms with Crippen molar-refractivity contribution in [2.75, 3.05) is 0 Å². The summed E-state index contributed by atoms with van der Waals surface area (Å²) in [5.74, 6) is 1.57. The SMILES string of the molecule is CC(N)(c1nc(-c2ccc[nH]2)no1)C1CC1. The van der Waals surface area contributed by atoms with Crippen molar-refractivity contribution < 1.29 is 4.52 Å². The third kappa shape index (κ3) is 1.44. The highest BCUT2D eigenvalue weighted by Crippen LogP contribution is 2.43. The average Bonchev–Trinajstić information content (AvgIpc) is 2.82. The van der Waals surface area contributed by atoms with Crippen LogP contribution in [0, 0.1) is 5.92 Å². The number of nitrogens with two attached hydrogens (primary N) is 1. The van der Waals surface area contributed by atoms with E-state index < -0.39 is 5.54 Å². The van der Waals surface area contributed by atoms with Gasteiger partial charge in [0.05, 0.1) is 11.2 Å². The normalized spacial score (nSPS) is 19.6. The lowest BCUT2D eigenvalue weighted by Gasteiger charge is -2.18. The smallest absolute Gasteiger partial charge is 0.247 e. The van der Waals surface area contributed by atoms with E-state index in [4.69, 9.17) is 10.3 Å². The van der Waals surface area contributed by atoms with Crippen molar-refractivity contribution in [3.05, 3.63) is 24.2 Å². The highest BCUT2D eigenvalue weighted by Gasteiger charge is 2.43. The number of rotatable bonds is 3. The summed E-state index contributed by atoms with van der Waals surface area (Å²) in [5.41, 5.74) is 6.56. The van der Waals surface area contributed by atoms with Gasteiger partial charge in [-0.25, -0.2) is 0 Å². The number of nitrogens with zero attached hydrogens (tertiary/aromatic N) is 2. The number of hydrogen-bond acceptors (Lipinski definition) is 4. The fourth-order valence-electron chi connectivity index (χ4n) is 1.88. The van der Waals surface area contributed by atoms with Gasteiger partial charge in [0.2, 0.25) is 11.7 Å². The van der Waals surface area contributed by atoms with Gasteiger partial charge >= 0.3 is 0 Å². The van der Waals surface area contributed by atoms with Crippen LogP contribution in [0.15, 0.2) is 22.9 Å². The summed E-state index contributed by atoms with van der Waals surface area (Å²) in [5, 5.41) is 3.94. The zero-order chi connectivity index (χ0) is 11.2. The Hall–Kier alpha value is -1.62. The summed E-state index contributed by atoms with van der Waals surface area (Å²) >= 11 is 0. The maximum Gasteiger partial charge on any atom is 0.247 e. The molecule has 16 heavy (non-hydrogen) atoms. The Kier molecular flexibility index (Phi) is 1.91. The van der Waals surface area contributed by atoms with Crippen molar-refractivity contribution in [2.24, 2.45) is 11.7 Å². The summed E-state index contributed by atoms with van der Waals surface area (Å²) in [4.78, 5) is 7.39. The molecule has 1 aliphatic carbocycles. The van der Waals surface area contributed by atoms with E-state index in [0.717, 1.165) is 18.5 Å². The third-order valence-corrected chi connectivity index (χ3v) is 3.15. The predicted molar refractivity (Wildman–Crippen MR) is 58.3 cm³/mol. The van der Waals surface area contributed by atoms with Gasteiger partial charge in [-0.05, 0) is 37.8 Å². The van der Waals surface area contributed by atoms with Crippen LogP contribution in [-0.2, 0) is 5.54 Å². The van der Waals surface area contributed by atoms with Gasteiger partial charge in [0.25, 0.3) is 0 Å². The lowest BCUT2D eigenvalue weighted by atomic mass is 9.97. The second-order valence-corrected chi connectivity index (χ2v) is 4.56. The molecule has 0 amide bonds. The van der Waals surface area contributed by atoms with Gasteiger partial charge in [-0.1, -0.05) is 5.16 Å². The molecule has 2 heterocycles. The largest absolute Gasteiger partial charge is 0.359 e. The molecule has 5 nitrogen and oxygen atoms in total. The van der Waals surface area contributed by atoms with E-state index in [-0.39, 0.29) is 0 Å². The Bertz CT molecular complexity index is 482. The molecule has 3 rings (SSSR count). The van der Waals surface area contributed by atoms with Gasteiger partial charge < -0.3 is 15.2 Å². The number of aromatic nitrogens is 3. The lowest BCUT2D eigenvalue weighted by Crippen LogP contribution is -2.35. The number of nitrogens with one attached hydrogen (secondary N) is 1. The van der Waals surface area contributed by atoms with E-state index in [9.17, 15) is 0 Å². The Morgan fingerprint density at radius 1 is 1.56 bits per heavy atom. The topological polar surface area (TPSA) is 80.7 Å². The fraction of sp³-hybridized carbons (Fsp3) is 0.455. The first-order valence-electron chi connectivity index (χ1n) is 5.45.